The van der Waals surface area contributed by atoms with E-state index in [1.165, 1.54) is 0 Å². The van der Waals surface area contributed by atoms with Crippen molar-refractivity contribution < 1.29 is 9.53 Å². The number of halogens is 1. The molecule has 0 atom stereocenters. The first kappa shape index (κ1) is 14.2. The molecule has 0 aromatic heterocycles. The normalized spacial score (nSPS) is 9.90. The van der Waals surface area contributed by atoms with Crippen LogP contribution in [-0.2, 0) is 4.79 Å². The molecule has 0 saturated carbocycles. The molecule has 0 bridgehead atoms. The fourth-order valence-electron chi connectivity index (χ4n) is 1.69. The Hall–Kier alpha value is -2.20. The van der Waals surface area contributed by atoms with Gasteiger partial charge in [-0.05, 0) is 24.3 Å². The number of anilines is 2. The maximum atomic E-state index is 11.8. The molecule has 0 aliphatic carbocycles. The highest BCUT2D eigenvalue weighted by molar-refractivity contribution is 6.33. The number of rotatable bonds is 5. The molecule has 0 heterocycles. The zero-order chi connectivity index (χ0) is 14.4. The second kappa shape index (κ2) is 6.82. The van der Waals surface area contributed by atoms with E-state index in [9.17, 15) is 4.79 Å². The van der Waals surface area contributed by atoms with Crippen molar-refractivity contribution in [1.82, 2.24) is 0 Å². The monoisotopic (exact) mass is 290 g/mol. The SMILES string of the molecule is COc1cccc(NC(=O)CNc2ccccc2Cl)c1. The minimum atomic E-state index is -0.154. The van der Waals surface area contributed by atoms with E-state index in [2.05, 4.69) is 10.6 Å². The third-order valence-corrected chi connectivity index (χ3v) is 3.00. The number of carbonyl (C=O) groups is 1. The Labute approximate surface area is 122 Å². The topological polar surface area (TPSA) is 50.4 Å². The van der Waals surface area contributed by atoms with Crippen LogP contribution in [0.3, 0.4) is 0 Å². The molecule has 1 amide bonds. The summed E-state index contributed by atoms with van der Waals surface area (Å²) in [5.74, 6) is 0.542. The van der Waals surface area contributed by atoms with Gasteiger partial charge in [-0.15, -0.1) is 0 Å². The molecule has 2 aromatic rings. The minimum Gasteiger partial charge on any atom is -0.497 e. The molecule has 0 unspecified atom stereocenters. The van der Waals surface area contributed by atoms with Crippen molar-refractivity contribution in [3.8, 4) is 5.75 Å². The highest BCUT2D eigenvalue weighted by Crippen LogP contribution is 2.20. The van der Waals surface area contributed by atoms with E-state index in [0.717, 1.165) is 5.69 Å². The summed E-state index contributed by atoms with van der Waals surface area (Å²) in [6.07, 6.45) is 0. The average molecular weight is 291 g/mol. The van der Waals surface area contributed by atoms with Crippen LogP contribution in [-0.4, -0.2) is 19.6 Å². The highest BCUT2D eigenvalue weighted by Gasteiger charge is 2.04. The predicted octanol–water partition coefficient (Wildman–Crippen LogP) is 3.40. The molecule has 0 aliphatic rings. The van der Waals surface area contributed by atoms with Crippen molar-refractivity contribution in [2.75, 3.05) is 24.3 Å². The first-order valence-corrected chi connectivity index (χ1v) is 6.49. The molecule has 0 spiro atoms. The van der Waals surface area contributed by atoms with Crippen LogP contribution in [0.4, 0.5) is 11.4 Å². The number of benzene rings is 2. The van der Waals surface area contributed by atoms with E-state index >= 15 is 0 Å². The molecule has 2 N–H and O–H groups in total. The number of para-hydroxylation sites is 1. The van der Waals surface area contributed by atoms with Gasteiger partial charge >= 0.3 is 0 Å². The third-order valence-electron chi connectivity index (χ3n) is 2.67. The summed E-state index contributed by atoms with van der Waals surface area (Å²) in [6, 6.07) is 14.5. The second-order valence-corrected chi connectivity index (χ2v) is 4.52. The van der Waals surface area contributed by atoms with Crippen molar-refractivity contribution in [3.63, 3.8) is 0 Å². The molecule has 0 saturated heterocycles. The molecule has 104 valence electrons. The Balaban J connectivity index is 1.91. The van der Waals surface area contributed by atoms with Crippen LogP contribution < -0.4 is 15.4 Å². The molecule has 0 radical (unpaired) electrons. The molecule has 2 rings (SSSR count). The van der Waals surface area contributed by atoms with E-state index in [1.807, 2.05) is 30.3 Å². The van der Waals surface area contributed by atoms with Crippen LogP contribution in [0.5, 0.6) is 5.75 Å². The lowest BCUT2D eigenvalue weighted by atomic mass is 10.3. The van der Waals surface area contributed by atoms with Crippen LogP contribution in [0.1, 0.15) is 0 Å². The number of hydrogen-bond acceptors (Lipinski definition) is 3. The maximum absolute atomic E-state index is 11.8. The van der Waals surface area contributed by atoms with Gasteiger partial charge in [-0.25, -0.2) is 0 Å². The van der Waals surface area contributed by atoms with E-state index in [0.29, 0.717) is 16.5 Å². The number of methoxy groups -OCH3 is 1. The van der Waals surface area contributed by atoms with Gasteiger partial charge in [0.05, 0.1) is 24.4 Å². The van der Waals surface area contributed by atoms with E-state index in [4.69, 9.17) is 16.3 Å². The lowest BCUT2D eigenvalue weighted by molar-refractivity contribution is -0.114. The summed E-state index contributed by atoms with van der Waals surface area (Å²) in [7, 11) is 1.58. The van der Waals surface area contributed by atoms with Crippen molar-refractivity contribution in [2.45, 2.75) is 0 Å². The van der Waals surface area contributed by atoms with Gasteiger partial charge < -0.3 is 15.4 Å². The molecular weight excluding hydrogens is 276 g/mol. The molecule has 5 heteroatoms. The summed E-state index contributed by atoms with van der Waals surface area (Å²) >= 11 is 6.00. The van der Waals surface area contributed by atoms with Crippen molar-refractivity contribution in [2.24, 2.45) is 0 Å². The zero-order valence-corrected chi connectivity index (χ0v) is 11.8. The standard InChI is InChI=1S/C15H15ClN2O2/c1-20-12-6-4-5-11(9-12)18-15(19)10-17-14-8-3-2-7-13(14)16/h2-9,17H,10H2,1H3,(H,18,19). The number of ether oxygens (including phenoxy) is 1. The minimum absolute atomic E-state index is 0.140. The summed E-state index contributed by atoms with van der Waals surface area (Å²) in [4.78, 5) is 11.8. The smallest absolute Gasteiger partial charge is 0.243 e. The lowest BCUT2D eigenvalue weighted by Gasteiger charge is -2.09. The third kappa shape index (κ3) is 3.90. The molecule has 0 aliphatic heterocycles. The molecule has 0 fully saturated rings. The van der Waals surface area contributed by atoms with Crippen molar-refractivity contribution in [3.05, 3.63) is 53.6 Å². The van der Waals surface area contributed by atoms with Crippen LogP contribution >= 0.6 is 11.6 Å². The van der Waals surface area contributed by atoms with Gasteiger partial charge in [-0.3, -0.25) is 4.79 Å². The Morgan fingerprint density at radius 2 is 2.00 bits per heavy atom. The Morgan fingerprint density at radius 3 is 2.75 bits per heavy atom. The zero-order valence-electron chi connectivity index (χ0n) is 11.0. The Bertz CT molecular complexity index is 602. The van der Waals surface area contributed by atoms with Crippen LogP contribution in [0.15, 0.2) is 48.5 Å². The van der Waals surface area contributed by atoms with Gasteiger partial charge in [0.25, 0.3) is 0 Å². The summed E-state index contributed by atoms with van der Waals surface area (Å²) in [5.41, 5.74) is 1.42. The first-order chi connectivity index (χ1) is 9.69. The summed E-state index contributed by atoms with van der Waals surface area (Å²) in [6.45, 7) is 0.140. The second-order valence-electron chi connectivity index (χ2n) is 4.11. The predicted molar refractivity (Wildman–Crippen MR) is 81.6 cm³/mol. The van der Waals surface area contributed by atoms with E-state index in [-0.39, 0.29) is 12.5 Å². The van der Waals surface area contributed by atoms with Crippen molar-refractivity contribution >= 4 is 28.9 Å². The molecule has 4 nitrogen and oxygen atoms in total. The first-order valence-electron chi connectivity index (χ1n) is 6.11. The average Bonchev–Trinajstić information content (AvgIpc) is 2.46. The quantitative estimate of drug-likeness (QED) is 0.887. The lowest BCUT2D eigenvalue weighted by Crippen LogP contribution is -2.21. The van der Waals surface area contributed by atoms with Gasteiger partial charge in [0.1, 0.15) is 5.75 Å². The van der Waals surface area contributed by atoms with Crippen LogP contribution in [0.2, 0.25) is 5.02 Å². The van der Waals surface area contributed by atoms with Gasteiger partial charge in [0.15, 0.2) is 0 Å². The van der Waals surface area contributed by atoms with E-state index < -0.39 is 0 Å². The number of nitrogens with one attached hydrogen (secondary N) is 2. The Kier molecular flexibility index (Phi) is 4.85. The van der Waals surface area contributed by atoms with Crippen LogP contribution in [0, 0.1) is 0 Å². The summed E-state index contributed by atoms with van der Waals surface area (Å²) < 4.78 is 5.10. The van der Waals surface area contributed by atoms with Gasteiger partial charge in [0.2, 0.25) is 5.91 Å². The maximum Gasteiger partial charge on any atom is 0.243 e. The fourth-order valence-corrected chi connectivity index (χ4v) is 1.89. The van der Waals surface area contributed by atoms with Crippen LogP contribution in [0.25, 0.3) is 0 Å². The van der Waals surface area contributed by atoms with E-state index in [1.54, 1.807) is 25.3 Å². The van der Waals surface area contributed by atoms with Gasteiger partial charge in [-0.1, -0.05) is 29.8 Å². The largest absolute Gasteiger partial charge is 0.497 e. The number of hydrogen-bond donors (Lipinski definition) is 2. The Morgan fingerprint density at radius 1 is 1.20 bits per heavy atom. The fraction of sp³-hybridized carbons (Fsp3) is 0.133. The molecule has 2 aromatic carbocycles. The molecule has 20 heavy (non-hydrogen) atoms. The summed E-state index contributed by atoms with van der Waals surface area (Å²) in [5, 5.41) is 6.35. The van der Waals surface area contributed by atoms with Gasteiger partial charge in [-0.2, -0.15) is 0 Å². The highest BCUT2D eigenvalue weighted by atomic mass is 35.5. The van der Waals surface area contributed by atoms with Gasteiger partial charge in [0, 0.05) is 11.8 Å². The number of carbonyl (C=O) groups excluding carboxylic acids is 1. The van der Waals surface area contributed by atoms with Crippen molar-refractivity contribution in [1.29, 1.82) is 0 Å². The molecular formula is C15H15ClN2O2. The number of amides is 1.